The number of rotatable bonds is 26. The molecule has 1 aliphatic rings. The van der Waals surface area contributed by atoms with E-state index in [4.69, 9.17) is 17.2 Å². The van der Waals surface area contributed by atoms with E-state index in [0.717, 1.165) is 25.7 Å². The molecule has 76 heavy (non-hydrogen) atoms. The second kappa shape index (κ2) is 35.7. The minimum atomic E-state index is -1.62. The lowest BCUT2D eigenvalue weighted by atomic mass is 9.85. The Bertz CT molecular complexity index is 2040. The van der Waals surface area contributed by atoms with Crippen molar-refractivity contribution in [3.8, 4) is 0 Å². The van der Waals surface area contributed by atoms with Gasteiger partial charge in [0.2, 0.25) is 35.4 Å². The van der Waals surface area contributed by atoms with Crippen LogP contribution in [-0.2, 0) is 54.4 Å². The smallest absolute Gasteiger partial charge is 0.245 e. The number of nitrogens with two attached hydrogens (primary N) is 3. The van der Waals surface area contributed by atoms with E-state index in [9.17, 15) is 63.3 Å². The maximum Gasteiger partial charge on any atom is 0.245 e. The Morgan fingerprint density at radius 3 is 1.82 bits per heavy atom. The highest BCUT2D eigenvalue weighted by Gasteiger charge is 2.37. The lowest BCUT2D eigenvalue weighted by molar-refractivity contribution is -0.137. The molecule has 15 N–H and O–H groups in total. The topological polar surface area (TPSA) is 382 Å². The summed E-state index contributed by atoms with van der Waals surface area (Å²) in [4.78, 5) is 139. The van der Waals surface area contributed by atoms with Crippen molar-refractivity contribution in [3.63, 3.8) is 0 Å². The van der Waals surface area contributed by atoms with Gasteiger partial charge in [0.1, 0.15) is 35.7 Å². The molecule has 1 aliphatic heterocycles. The summed E-state index contributed by atoms with van der Waals surface area (Å²) in [6, 6.07) is 1.69. The highest BCUT2D eigenvalue weighted by Crippen LogP contribution is 2.23. The van der Waals surface area contributed by atoms with Crippen LogP contribution in [0.25, 0.3) is 0 Å². The zero-order chi connectivity index (χ0) is 56.9. The van der Waals surface area contributed by atoms with Gasteiger partial charge in [-0.25, -0.2) is 0 Å². The lowest BCUT2D eigenvalue weighted by Gasteiger charge is -2.27. The predicted octanol–water partition coefficient (Wildman–Crippen LogP) is -0.319. The van der Waals surface area contributed by atoms with Crippen LogP contribution >= 0.6 is 0 Å². The fourth-order valence-electron chi connectivity index (χ4n) is 9.15. The Kier molecular flexibility index (Phi) is 31.3. The molecule has 2 unspecified atom stereocenters. The van der Waals surface area contributed by atoms with Gasteiger partial charge < -0.3 is 64.4 Å². The molecule has 1 aromatic rings. The molecule has 22 nitrogen and oxygen atoms in total. The van der Waals surface area contributed by atoms with Crippen molar-refractivity contribution in [3.05, 3.63) is 35.9 Å². The molecule has 6 amide bonds. The molecule has 0 spiro atoms. The van der Waals surface area contributed by atoms with Gasteiger partial charge in [-0.1, -0.05) is 76.8 Å². The van der Waals surface area contributed by atoms with Crippen LogP contribution in [-0.4, -0.2) is 149 Å². The number of amides is 6. The summed E-state index contributed by atoms with van der Waals surface area (Å²) in [7, 11) is 0. The third-order valence-electron chi connectivity index (χ3n) is 13.6. The van der Waals surface area contributed by atoms with E-state index in [-0.39, 0.29) is 95.7 Å². The number of aliphatic hydroxyl groups is 3. The van der Waals surface area contributed by atoms with Crippen LogP contribution < -0.4 is 49.1 Å². The number of aliphatic hydroxyl groups excluding tert-OH is 3. The molecule has 1 saturated heterocycles. The van der Waals surface area contributed by atoms with Crippen molar-refractivity contribution < 1.29 is 63.3 Å². The van der Waals surface area contributed by atoms with E-state index in [1.54, 1.807) is 30.3 Å². The number of unbranched alkanes of at least 4 members (excludes halogenated alkanes) is 4. The lowest BCUT2D eigenvalue weighted by Crippen LogP contribution is -2.59. The Labute approximate surface area is 447 Å². The highest BCUT2D eigenvalue weighted by atomic mass is 16.3. The Balaban J connectivity index is 2.67. The second-order valence-corrected chi connectivity index (χ2v) is 20.6. The monoisotopic (exact) mass is 1070 g/mol. The molecule has 0 saturated carbocycles. The summed E-state index contributed by atoms with van der Waals surface area (Å²) < 4.78 is 0. The van der Waals surface area contributed by atoms with Crippen molar-refractivity contribution in [1.82, 2.24) is 31.9 Å². The van der Waals surface area contributed by atoms with Gasteiger partial charge in [-0.15, -0.1) is 0 Å². The van der Waals surface area contributed by atoms with Crippen LogP contribution in [0.5, 0.6) is 0 Å². The molecule has 11 atom stereocenters. The van der Waals surface area contributed by atoms with E-state index >= 15 is 0 Å². The Morgan fingerprint density at radius 2 is 1.25 bits per heavy atom. The second-order valence-electron chi connectivity index (χ2n) is 20.6. The SMILES string of the molecule is CCCCCCCC(=O)C[C@H](C(=O)N[C@H](CO)C(=O)C[C@H]1CCNC(=O)[C@H](C(C)O)NC(=O)[C@H](CCN)NC(=O)[C@H](CCN)NC(=O)[C@H](CC(C)C)CC(=O)[C@@H](Cc2ccccc2)NC(=O)[C@H](CCN)CC1=O)C(C)O. The summed E-state index contributed by atoms with van der Waals surface area (Å²) in [5.74, 6) is -12.0. The largest absolute Gasteiger partial charge is 0.394 e. The number of carbonyl (C=O) groups is 10. The van der Waals surface area contributed by atoms with E-state index < -0.39 is 138 Å². The first-order chi connectivity index (χ1) is 36.1. The summed E-state index contributed by atoms with van der Waals surface area (Å²) in [5, 5.41) is 47.2. The number of nitrogens with one attached hydrogen (secondary N) is 6. The van der Waals surface area contributed by atoms with Gasteiger partial charge in [0, 0.05) is 56.4 Å². The fourth-order valence-corrected chi connectivity index (χ4v) is 9.15. The Hall–Kier alpha value is -5.52. The van der Waals surface area contributed by atoms with Crippen LogP contribution in [0.2, 0.25) is 0 Å². The molecule has 0 radical (unpaired) electrons. The van der Waals surface area contributed by atoms with Gasteiger partial charge in [-0.3, -0.25) is 47.9 Å². The summed E-state index contributed by atoms with van der Waals surface area (Å²) in [6.45, 7) is 6.78. The third-order valence-corrected chi connectivity index (χ3v) is 13.6. The molecule has 1 aromatic carbocycles. The van der Waals surface area contributed by atoms with Crippen LogP contribution in [0.15, 0.2) is 30.3 Å². The number of hydrogen-bond acceptors (Lipinski definition) is 16. The van der Waals surface area contributed by atoms with Crippen LogP contribution in [0.4, 0.5) is 0 Å². The number of carbonyl (C=O) groups excluding carboxylic acids is 10. The quantitative estimate of drug-likeness (QED) is 0.0529. The normalized spacial score (nSPS) is 23.7. The van der Waals surface area contributed by atoms with E-state index in [0.29, 0.717) is 12.0 Å². The zero-order valence-corrected chi connectivity index (χ0v) is 45.3. The van der Waals surface area contributed by atoms with E-state index in [1.165, 1.54) is 13.8 Å². The van der Waals surface area contributed by atoms with Gasteiger partial charge in [0.05, 0.1) is 30.8 Å². The van der Waals surface area contributed by atoms with Crippen molar-refractivity contribution in [1.29, 1.82) is 0 Å². The summed E-state index contributed by atoms with van der Waals surface area (Å²) in [6.07, 6.45) is -0.390. The molecule has 0 aromatic heterocycles. The van der Waals surface area contributed by atoms with E-state index in [2.05, 4.69) is 38.8 Å². The molecule has 0 aliphatic carbocycles. The van der Waals surface area contributed by atoms with Gasteiger partial charge in [0.15, 0.2) is 11.6 Å². The molecule has 1 fully saturated rings. The van der Waals surface area contributed by atoms with Crippen molar-refractivity contribution >= 4 is 58.6 Å². The first-order valence-electron chi connectivity index (χ1n) is 27.1. The average molecular weight is 1070 g/mol. The average Bonchev–Trinajstić information content (AvgIpc) is 3.36. The van der Waals surface area contributed by atoms with Gasteiger partial charge in [-0.2, -0.15) is 0 Å². The first kappa shape index (κ1) is 66.6. The van der Waals surface area contributed by atoms with E-state index in [1.807, 2.05) is 13.8 Å². The maximum absolute atomic E-state index is 14.5. The van der Waals surface area contributed by atoms with Crippen LogP contribution in [0.3, 0.4) is 0 Å². The molecule has 2 rings (SSSR count). The third kappa shape index (κ3) is 23.8. The van der Waals surface area contributed by atoms with Gasteiger partial charge >= 0.3 is 0 Å². The molecule has 1 heterocycles. The number of Topliss-reactive ketones (excluding diaryl/α,β-unsaturated/α-hetero) is 4. The fraction of sp³-hybridized carbons (Fsp3) is 0.704. The van der Waals surface area contributed by atoms with Crippen LogP contribution in [0.1, 0.15) is 136 Å². The van der Waals surface area contributed by atoms with Crippen molar-refractivity contribution in [2.24, 2.45) is 46.8 Å². The van der Waals surface area contributed by atoms with Crippen molar-refractivity contribution in [2.75, 3.05) is 32.8 Å². The molecule has 22 heteroatoms. The number of ketones is 4. The standard InChI is InChI=1S/C54H89N9O13/c1-6-7-8-9-13-16-39(67)30-40(33(4)65)51(73)62-44(31-64)47(70)27-36-20-24-58-54(76)48(34(5)66)63-53(75)42(19-23-57)60-52(74)41(18-22-56)59-50(72)38(25-32(2)3)29-46(69)43(26-35-14-11-10-12-15-35)61-49(71)37(17-21-55)28-45(36)68/h10-12,14-15,32-34,36-38,40-44,48,64-66H,6-9,13,16-31,55-57H2,1-5H3,(H,58,76)(H,59,72)(H,60,74)(H,61,71)(H,62,73)(H,63,75)/t33?,34?,36-,37-,38-,40+,41+,42+,43-,44-,48+/m1/s1. The first-order valence-corrected chi connectivity index (χ1v) is 27.1. The number of benzene rings is 1. The van der Waals surface area contributed by atoms with Crippen LogP contribution in [0, 0.1) is 29.6 Å². The predicted molar refractivity (Wildman–Crippen MR) is 284 cm³/mol. The minimum absolute atomic E-state index is 0.00477. The zero-order valence-electron chi connectivity index (χ0n) is 45.3. The molecular formula is C54H89N9O13. The van der Waals surface area contributed by atoms with Gasteiger partial charge in [-0.05, 0) is 89.9 Å². The molecule has 0 bridgehead atoms. The summed E-state index contributed by atoms with van der Waals surface area (Å²) in [5.41, 5.74) is 18.3. The molecule has 428 valence electrons. The number of hydrogen-bond donors (Lipinski definition) is 12. The van der Waals surface area contributed by atoms with Crippen molar-refractivity contribution in [2.45, 2.75) is 180 Å². The minimum Gasteiger partial charge on any atom is -0.394 e. The Morgan fingerprint density at radius 1 is 0.684 bits per heavy atom. The highest BCUT2D eigenvalue weighted by molar-refractivity contribution is 5.98. The molecular weight excluding hydrogens is 983 g/mol. The maximum atomic E-state index is 14.5. The summed E-state index contributed by atoms with van der Waals surface area (Å²) >= 11 is 0. The van der Waals surface area contributed by atoms with Gasteiger partial charge in [0.25, 0.3) is 0 Å².